The van der Waals surface area contributed by atoms with Crippen LogP contribution >= 0.6 is 11.6 Å². The van der Waals surface area contributed by atoms with Gasteiger partial charge in [0.1, 0.15) is 5.56 Å². The van der Waals surface area contributed by atoms with Crippen molar-refractivity contribution in [3.05, 3.63) is 22.7 Å². The number of hydrogen-bond donors (Lipinski definition) is 1. The minimum absolute atomic E-state index is 0.0904. The van der Waals surface area contributed by atoms with E-state index in [1.54, 1.807) is 0 Å². The van der Waals surface area contributed by atoms with E-state index in [1.807, 2.05) is 0 Å². The molecule has 0 aromatic heterocycles. The number of methoxy groups -OCH3 is 2. The fourth-order valence-corrected chi connectivity index (χ4v) is 1.73. The van der Waals surface area contributed by atoms with Crippen LogP contribution in [0, 0.1) is 0 Å². The Hall–Kier alpha value is -1.95. The third-order valence-corrected chi connectivity index (χ3v) is 2.69. The summed E-state index contributed by atoms with van der Waals surface area (Å²) in [5, 5.41) is 9.36. The van der Waals surface area contributed by atoms with Gasteiger partial charge in [0.05, 0.1) is 20.8 Å². The predicted octanol–water partition coefficient (Wildman–Crippen LogP) is 2.38. The highest BCUT2D eigenvalue weighted by Crippen LogP contribution is 2.34. The molecule has 0 bridgehead atoms. The maximum atomic E-state index is 11.2. The van der Waals surface area contributed by atoms with Crippen LogP contribution in [0.2, 0.25) is 5.02 Å². The van der Waals surface area contributed by atoms with Crippen LogP contribution in [0.4, 0.5) is 0 Å². The first kappa shape index (κ1) is 16.1. The van der Waals surface area contributed by atoms with Gasteiger partial charge in [-0.3, -0.25) is 4.79 Å². The van der Waals surface area contributed by atoms with Crippen LogP contribution in [0.5, 0.6) is 11.5 Å². The van der Waals surface area contributed by atoms with Gasteiger partial charge in [-0.15, -0.1) is 0 Å². The number of carboxylic acid groups (broad SMARTS) is 1. The molecule has 6 nitrogen and oxygen atoms in total. The molecule has 0 radical (unpaired) electrons. The quantitative estimate of drug-likeness (QED) is 0.615. The number of aromatic carboxylic acids is 1. The summed E-state index contributed by atoms with van der Waals surface area (Å²) in [6, 6.07) is 2.74. The fourth-order valence-electron chi connectivity index (χ4n) is 1.52. The van der Waals surface area contributed by atoms with Gasteiger partial charge >= 0.3 is 11.9 Å². The highest BCUT2D eigenvalue weighted by molar-refractivity contribution is 6.31. The number of benzene rings is 1. The SMILES string of the molecule is COC(=O)CCCOc1c(OC)cc(Cl)cc1C(=O)O. The summed E-state index contributed by atoms with van der Waals surface area (Å²) >= 11 is 5.81. The molecule has 0 heterocycles. The highest BCUT2D eigenvalue weighted by Gasteiger charge is 2.18. The summed E-state index contributed by atoms with van der Waals surface area (Å²) in [7, 11) is 2.69. The second kappa shape index (κ2) is 7.59. The number of rotatable bonds is 7. The molecule has 0 fully saturated rings. The van der Waals surface area contributed by atoms with Crippen molar-refractivity contribution in [2.75, 3.05) is 20.8 Å². The predicted molar refractivity (Wildman–Crippen MR) is 71.7 cm³/mol. The Labute approximate surface area is 121 Å². The number of esters is 1. The molecule has 1 N–H and O–H groups in total. The Bertz CT molecular complexity index is 500. The molecule has 0 atom stereocenters. The molecule has 0 aliphatic heterocycles. The molecule has 7 heteroatoms. The number of halogens is 1. The second-order valence-corrected chi connectivity index (χ2v) is 4.25. The number of carboxylic acids is 1. The smallest absolute Gasteiger partial charge is 0.339 e. The van der Waals surface area contributed by atoms with Gasteiger partial charge in [-0.1, -0.05) is 11.6 Å². The number of ether oxygens (including phenoxy) is 3. The van der Waals surface area contributed by atoms with Crippen LogP contribution in [0.15, 0.2) is 12.1 Å². The summed E-state index contributed by atoms with van der Waals surface area (Å²) < 4.78 is 14.9. The Morgan fingerprint density at radius 3 is 2.55 bits per heavy atom. The Morgan fingerprint density at radius 1 is 1.30 bits per heavy atom. The van der Waals surface area contributed by atoms with Gasteiger partial charge < -0.3 is 19.3 Å². The standard InChI is InChI=1S/C13H15ClO6/c1-18-10-7-8(14)6-9(13(16)17)12(10)20-5-3-4-11(15)19-2/h6-7H,3-5H2,1-2H3,(H,16,17). The third kappa shape index (κ3) is 4.31. The monoisotopic (exact) mass is 302 g/mol. The van der Waals surface area contributed by atoms with Crippen molar-refractivity contribution >= 4 is 23.5 Å². The summed E-state index contributed by atoms with van der Waals surface area (Å²) in [6.45, 7) is 0.160. The van der Waals surface area contributed by atoms with Gasteiger partial charge in [-0.2, -0.15) is 0 Å². The van der Waals surface area contributed by atoms with Crippen molar-refractivity contribution in [3.63, 3.8) is 0 Å². The van der Waals surface area contributed by atoms with E-state index >= 15 is 0 Å². The van der Waals surface area contributed by atoms with Crippen molar-refractivity contribution in [3.8, 4) is 11.5 Å². The van der Waals surface area contributed by atoms with E-state index in [1.165, 1.54) is 26.4 Å². The van der Waals surface area contributed by atoms with Crippen LogP contribution in [-0.4, -0.2) is 37.9 Å². The normalized spacial score (nSPS) is 9.95. The van der Waals surface area contributed by atoms with Gasteiger partial charge in [0, 0.05) is 17.5 Å². The molecule has 1 aromatic carbocycles. The molecular weight excluding hydrogens is 288 g/mol. The van der Waals surface area contributed by atoms with Crippen LogP contribution < -0.4 is 9.47 Å². The van der Waals surface area contributed by atoms with E-state index in [0.717, 1.165) is 0 Å². The molecule has 1 rings (SSSR count). The first-order valence-corrected chi connectivity index (χ1v) is 6.17. The average molecular weight is 303 g/mol. The lowest BCUT2D eigenvalue weighted by Gasteiger charge is -2.13. The molecule has 0 spiro atoms. The molecular formula is C13H15ClO6. The summed E-state index contributed by atoms with van der Waals surface area (Å²) in [5.74, 6) is -1.20. The summed E-state index contributed by atoms with van der Waals surface area (Å²) in [4.78, 5) is 22.1. The lowest BCUT2D eigenvalue weighted by molar-refractivity contribution is -0.140. The van der Waals surface area contributed by atoms with Gasteiger partial charge in [0.25, 0.3) is 0 Å². The first-order valence-electron chi connectivity index (χ1n) is 5.80. The first-order chi connectivity index (χ1) is 9.49. The zero-order chi connectivity index (χ0) is 15.1. The molecule has 20 heavy (non-hydrogen) atoms. The van der Waals surface area contributed by atoms with Crippen molar-refractivity contribution in [1.82, 2.24) is 0 Å². The lowest BCUT2D eigenvalue weighted by atomic mass is 10.2. The summed E-state index contributed by atoms with van der Waals surface area (Å²) in [6.07, 6.45) is 0.590. The largest absolute Gasteiger partial charge is 0.493 e. The van der Waals surface area contributed by atoms with Crippen LogP contribution in [0.25, 0.3) is 0 Å². The van der Waals surface area contributed by atoms with Crippen LogP contribution in [0.3, 0.4) is 0 Å². The van der Waals surface area contributed by atoms with E-state index in [4.69, 9.17) is 26.2 Å². The van der Waals surface area contributed by atoms with Crippen molar-refractivity contribution in [1.29, 1.82) is 0 Å². The Kier molecular flexibility index (Phi) is 6.11. The minimum atomic E-state index is -1.17. The molecule has 0 unspecified atom stereocenters. The van der Waals surface area contributed by atoms with E-state index in [-0.39, 0.29) is 41.1 Å². The fraction of sp³-hybridized carbons (Fsp3) is 0.385. The van der Waals surface area contributed by atoms with E-state index in [9.17, 15) is 9.59 Å². The van der Waals surface area contributed by atoms with E-state index in [2.05, 4.69) is 4.74 Å². The molecule has 0 aliphatic carbocycles. The molecule has 0 amide bonds. The molecule has 0 saturated heterocycles. The number of hydrogen-bond acceptors (Lipinski definition) is 5. The van der Waals surface area contributed by atoms with E-state index in [0.29, 0.717) is 6.42 Å². The van der Waals surface area contributed by atoms with Gasteiger partial charge in [-0.25, -0.2) is 4.79 Å². The zero-order valence-electron chi connectivity index (χ0n) is 11.1. The molecule has 110 valence electrons. The Morgan fingerprint density at radius 2 is 2.00 bits per heavy atom. The average Bonchev–Trinajstić information content (AvgIpc) is 2.43. The highest BCUT2D eigenvalue weighted by atomic mass is 35.5. The molecule has 0 saturated carbocycles. The maximum absolute atomic E-state index is 11.2. The van der Waals surface area contributed by atoms with Crippen molar-refractivity contribution < 1.29 is 28.9 Å². The minimum Gasteiger partial charge on any atom is -0.493 e. The number of carbonyl (C=O) groups is 2. The second-order valence-electron chi connectivity index (χ2n) is 3.82. The lowest BCUT2D eigenvalue weighted by Crippen LogP contribution is -2.08. The van der Waals surface area contributed by atoms with Crippen molar-refractivity contribution in [2.24, 2.45) is 0 Å². The molecule has 0 aliphatic rings. The van der Waals surface area contributed by atoms with Gasteiger partial charge in [0.2, 0.25) is 0 Å². The summed E-state index contributed by atoms with van der Waals surface area (Å²) in [5.41, 5.74) is -0.0904. The number of carbonyl (C=O) groups excluding carboxylic acids is 1. The third-order valence-electron chi connectivity index (χ3n) is 2.47. The van der Waals surface area contributed by atoms with Gasteiger partial charge in [0.15, 0.2) is 11.5 Å². The Balaban J connectivity index is 2.81. The van der Waals surface area contributed by atoms with Crippen molar-refractivity contribution in [2.45, 2.75) is 12.8 Å². The maximum Gasteiger partial charge on any atom is 0.339 e. The van der Waals surface area contributed by atoms with E-state index < -0.39 is 5.97 Å². The zero-order valence-corrected chi connectivity index (χ0v) is 11.9. The van der Waals surface area contributed by atoms with Crippen LogP contribution in [0.1, 0.15) is 23.2 Å². The molecule has 1 aromatic rings. The van der Waals surface area contributed by atoms with Crippen LogP contribution in [-0.2, 0) is 9.53 Å². The van der Waals surface area contributed by atoms with Gasteiger partial charge in [-0.05, 0) is 12.5 Å². The topological polar surface area (TPSA) is 82.1 Å².